The van der Waals surface area contributed by atoms with Gasteiger partial charge in [0, 0.05) is 26.6 Å². The number of amides is 1. The van der Waals surface area contributed by atoms with Crippen LogP contribution in [0.25, 0.3) is 0 Å². The summed E-state index contributed by atoms with van der Waals surface area (Å²) in [4.78, 5) is 16.4. The minimum atomic E-state index is -0.306. The molecule has 2 rings (SSSR count). The summed E-state index contributed by atoms with van der Waals surface area (Å²) in [5.74, 6) is 0.587. The van der Waals surface area contributed by atoms with E-state index in [1.54, 1.807) is 13.3 Å². The van der Waals surface area contributed by atoms with Crippen molar-refractivity contribution >= 4 is 5.91 Å². The van der Waals surface area contributed by atoms with Gasteiger partial charge in [-0.05, 0) is 5.56 Å². The van der Waals surface area contributed by atoms with E-state index in [1.165, 1.54) is 0 Å². The van der Waals surface area contributed by atoms with Crippen LogP contribution in [0.5, 0.6) is 0 Å². The van der Waals surface area contributed by atoms with Gasteiger partial charge in [-0.2, -0.15) is 0 Å². The highest BCUT2D eigenvalue weighted by molar-refractivity contribution is 5.78. The van der Waals surface area contributed by atoms with Crippen molar-refractivity contribution in [1.82, 2.24) is 14.9 Å². The molecule has 0 aliphatic carbocycles. The first-order chi connectivity index (χ1) is 10.7. The monoisotopic (exact) mass is 303 g/mol. The van der Waals surface area contributed by atoms with Crippen molar-refractivity contribution in [3.8, 4) is 0 Å². The first kappa shape index (κ1) is 16.2. The third-order valence-electron chi connectivity index (χ3n) is 3.22. The van der Waals surface area contributed by atoms with E-state index in [-0.39, 0.29) is 18.6 Å². The van der Waals surface area contributed by atoms with Gasteiger partial charge in [0.15, 0.2) is 0 Å². The summed E-state index contributed by atoms with van der Waals surface area (Å²) < 4.78 is 12.0. The third-order valence-corrected chi connectivity index (χ3v) is 3.22. The molecule has 6 nitrogen and oxygen atoms in total. The Labute approximate surface area is 130 Å². The van der Waals surface area contributed by atoms with E-state index >= 15 is 0 Å². The number of nitrogens with one attached hydrogen (secondary N) is 1. The average Bonchev–Trinajstić information content (AvgIpc) is 2.96. The number of aromatic nitrogens is 2. The zero-order valence-electron chi connectivity index (χ0n) is 12.9. The maximum absolute atomic E-state index is 12.1. The minimum absolute atomic E-state index is 0.00286. The first-order valence-corrected chi connectivity index (χ1v) is 7.10. The summed E-state index contributed by atoms with van der Waals surface area (Å²) in [6.07, 6.45) is 3.57. The van der Waals surface area contributed by atoms with E-state index in [9.17, 15) is 4.79 Å². The minimum Gasteiger partial charge on any atom is -0.382 e. The number of nitrogens with zero attached hydrogens (tertiary/aromatic N) is 2. The van der Waals surface area contributed by atoms with Crippen molar-refractivity contribution in [3.05, 3.63) is 54.1 Å². The van der Waals surface area contributed by atoms with Gasteiger partial charge in [-0.3, -0.25) is 4.79 Å². The summed E-state index contributed by atoms with van der Waals surface area (Å²) in [7, 11) is 3.50. The van der Waals surface area contributed by atoms with E-state index in [4.69, 9.17) is 9.47 Å². The Kier molecular flexibility index (Phi) is 6.12. The molecule has 1 aromatic heterocycles. The molecule has 2 aromatic rings. The molecule has 22 heavy (non-hydrogen) atoms. The zero-order chi connectivity index (χ0) is 15.8. The number of methoxy groups -OCH3 is 1. The van der Waals surface area contributed by atoms with Gasteiger partial charge in [0.05, 0.1) is 13.2 Å². The molecule has 0 radical (unpaired) electrons. The number of hydrogen-bond donors (Lipinski definition) is 1. The molecular weight excluding hydrogens is 282 g/mol. The Hall–Kier alpha value is -2.18. The summed E-state index contributed by atoms with van der Waals surface area (Å²) in [5, 5.41) is 2.97. The van der Waals surface area contributed by atoms with Crippen LogP contribution in [0.2, 0.25) is 0 Å². The van der Waals surface area contributed by atoms with Crippen molar-refractivity contribution < 1.29 is 14.3 Å². The van der Waals surface area contributed by atoms with Crippen LogP contribution in [-0.2, 0) is 21.3 Å². The predicted molar refractivity (Wildman–Crippen MR) is 82.3 cm³/mol. The van der Waals surface area contributed by atoms with Crippen molar-refractivity contribution in [2.75, 3.05) is 26.9 Å². The van der Waals surface area contributed by atoms with E-state index in [0.717, 1.165) is 11.4 Å². The van der Waals surface area contributed by atoms with Crippen LogP contribution in [-0.4, -0.2) is 42.4 Å². The molecule has 1 aromatic carbocycles. The molecule has 0 saturated heterocycles. The van der Waals surface area contributed by atoms with Gasteiger partial charge >= 0.3 is 0 Å². The van der Waals surface area contributed by atoms with Crippen LogP contribution in [0.15, 0.2) is 42.7 Å². The first-order valence-electron chi connectivity index (χ1n) is 7.10. The number of aryl methyl sites for hydroxylation is 1. The van der Waals surface area contributed by atoms with E-state index < -0.39 is 0 Å². The van der Waals surface area contributed by atoms with Crippen LogP contribution in [0.3, 0.4) is 0 Å². The third kappa shape index (κ3) is 4.41. The lowest BCUT2D eigenvalue weighted by molar-refractivity contribution is -0.126. The van der Waals surface area contributed by atoms with Gasteiger partial charge in [0.2, 0.25) is 5.91 Å². The van der Waals surface area contributed by atoms with Gasteiger partial charge in [-0.1, -0.05) is 30.3 Å². The smallest absolute Gasteiger partial charge is 0.246 e. The molecule has 118 valence electrons. The maximum Gasteiger partial charge on any atom is 0.246 e. The Morgan fingerprint density at radius 3 is 2.73 bits per heavy atom. The van der Waals surface area contributed by atoms with E-state index in [0.29, 0.717) is 13.2 Å². The lowest BCUT2D eigenvalue weighted by Gasteiger charge is -2.19. The molecule has 1 atom stereocenters. The van der Waals surface area contributed by atoms with Crippen molar-refractivity contribution in [2.24, 2.45) is 7.05 Å². The number of hydrogen-bond acceptors (Lipinski definition) is 4. The molecular formula is C16H21N3O3. The SMILES string of the molecule is COCCOCC(=O)NC(c1ccccc1)c1nccn1C. The highest BCUT2D eigenvalue weighted by Gasteiger charge is 2.20. The lowest BCUT2D eigenvalue weighted by atomic mass is 10.1. The molecule has 0 spiro atoms. The maximum atomic E-state index is 12.1. The molecule has 0 fully saturated rings. The standard InChI is InChI=1S/C16H21N3O3/c1-19-9-8-17-16(19)15(13-6-4-3-5-7-13)18-14(20)12-22-11-10-21-2/h3-9,15H,10-12H2,1-2H3,(H,18,20). The average molecular weight is 303 g/mol. The zero-order valence-corrected chi connectivity index (χ0v) is 12.9. The molecule has 1 unspecified atom stereocenters. The molecule has 1 N–H and O–H groups in total. The van der Waals surface area contributed by atoms with Crippen LogP contribution in [0.1, 0.15) is 17.4 Å². The second-order valence-electron chi connectivity index (χ2n) is 4.85. The fourth-order valence-electron chi connectivity index (χ4n) is 2.11. The topological polar surface area (TPSA) is 65.4 Å². The van der Waals surface area contributed by atoms with E-state index in [1.807, 2.05) is 48.1 Å². The van der Waals surface area contributed by atoms with E-state index in [2.05, 4.69) is 10.3 Å². The molecule has 1 amide bonds. The molecule has 0 bridgehead atoms. The Morgan fingerprint density at radius 2 is 2.09 bits per heavy atom. The van der Waals surface area contributed by atoms with Crippen molar-refractivity contribution in [3.63, 3.8) is 0 Å². The fraction of sp³-hybridized carbons (Fsp3) is 0.375. The van der Waals surface area contributed by atoms with Crippen LogP contribution < -0.4 is 5.32 Å². The van der Waals surface area contributed by atoms with Crippen LogP contribution in [0.4, 0.5) is 0 Å². The quantitative estimate of drug-likeness (QED) is 0.746. The highest BCUT2D eigenvalue weighted by Crippen LogP contribution is 2.19. The van der Waals surface area contributed by atoms with Crippen molar-refractivity contribution in [1.29, 1.82) is 0 Å². The van der Waals surface area contributed by atoms with Gasteiger partial charge in [-0.25, -0.2) is 4.98 Å². The Bertz CT molecular complexity index is 583. The molecule has 0 aliphatic rings. The number of rotatable bonds is 8. The highest BCUT2D eigenvalue weighted by atomic mass is 16.5. The fourth-order valence-corrected chi connectivity index (χ4v) is 2.11. The molecule has 0 saturated carbocycles. The van der Waals surface area contributed by atoms with Gasteiger partial charge < -0.3 is 19.4 Å². The number of ether oxygens (including phenoxy) is 2. The summed E-state index contributed by atoms with van der Waals surface area (Å²) in [6, 6.07) is 9.43. The predicted octanol–water partition coefficient (Wildman–Crippen LogP) is 1.29. The summed E-state index contributed by atoms with van der Waals surface area (Å²) >= 11 is 0. The van der Waals surface area contributed by atoms with Gasteiger partial charge in [0.1, 0.15) is 18.5 Å². The molecule has 6 heteroatoms. The summed E-state index contributed by atoms with van der Waals surface area (Å²) in [5.41, 5.74) is 0.974. The number of carbonyl (C=O) groups is 1. The second kappa shape index (κ2) is 8.31. The molecule has 0 aliphatic heterocycles. The number of benzene rings is 1. The van der Waals surface area contributed by atoms with Gasteiger partial charge in [0.25, 0.3) is 0 Å². The molecule has 1 heterocycles. The second-order valence-corrected chi connectivity index (χ2v) is 4.85. The Balaban J connectivity index is 2.06. The van der Waals surface area contributed by atoms with Crippen LogP contribution in [0, 0.1) is 0 Å². The van der Waals surface area contributed by atoms with Crippen molar-refractivity contribution in [2.45, 2.75) is 6.04 Å². The largest absolute Gasteiger partial charge is 0.382 e. The van der Waals surface area contributed by atoms with Gasteiger partial charge in [-0.15, -0.1) is 0 Å². The normalized spacial score (nSPS) is 12.1. The Morgan fingerprint density at radius 1 is 1.32 bits per heavy atom. The number of carbonyl (C=O) groups excluding carboxylic acids is 1. The van der Waals surface area contributed by atoms with Crippen LogP contribution >= 0.6 is 0 Å². The summed E-state index contributed by atoms with van der Waals surface area (Å²) in [6.45, 7) is 0.855. The lowest BCUT2D eigenvalue weighted by Crippen LogP contribution is -2.34. The number of imidazole rings is 1.